The third kappa shape index (κ3) is 1.75. The minimum atomic E-state index is 0.413. The van der Waals surface area contributed by atoms with Gasteiger partial charge in [-0.3, -0.25) is 0 Å². The van der Waals surface area contributed by atoms with Crippen LogP contribution in [0.15, 0.2) is 30.7 Å². The molecular weight excluding hydrogens is 291 g/mol. The number of halogens is 1. The smallest absolute Gasteiger partial charge is 0.140 e. The van der Waals surface area contributed by atoms with Gasteiger partial charge in [-0.1, -0.05) is 0 Å². The summed E-state index contributed by atoms with van der Waals surface area (Å²) in [6.07, 6.45) is 5.28. The van der Waals surface area contributed by atoms with Crippen LogP contribution in [0.4, 0.5) is 0 Å². The van der Waals surface area contributed by atoms with E-state index in [-0.39, 0.29) is 0 Å². The molecule has 0 aromatic carbocycles. The van der Waals surface area contributed by atoms with E-state index >= 15 is 0 Å². The van der Waals surface area contributed by atoms with E-state index < -0.39 is 0 Å². The lowest BCUT2D eigenvalue weighted by atomic mass is 10.3. The van der Waals surface area contributed by atoms with Crippen LogP contribution >= 0.6 is 22.6 Å². The highest BCUT2D eigenvalue weighted by molar-refractivity contribution is 14.1. The van der Waals surface area contributed by atoms with Crippen molar-refractivity contribution in [1.29, 1.82) is 5.26 Å². The normalized spacial score (nSPS) is 9.71. The number of hydrogen-bond donors (Lipinski definition) is 0. The van der Waals surface area contributed by atoms with Crippen molar-refractivity contribution in [3.8, 4) is 11.8 Å². The number of pyridine rings is 1. The molecule has 0 saturated carbocycles. The molecule has 0 aliphatic carbocycles. The number of hydrogen-bond acceptors (Lipinski definition) is 3. The van der Waals surface area contributed by atoms with Crippen LogP contribution in [0.5, 0.6) is 0 Å². The second kappa shape index (κ2) is 3.75. The van der Waals surface area contributed by atoms with Gasteiger partial charge in [-0.2, -0.15) is 10.4 Å². The molecular formula is C9H5IN4. The van der Waals surface area contributed by atoms with Crippen molar-refractivity contribution in [1.82, 2.24) is 14.8 Å². The number of aromatic nitrogens is 3. The molecule has 2 heterocycles. The number of nitrogens with zero attached hydrogens (tertiary/aromatic N) is 4. The average molecular weight is 296 g/mol. The second-order valence-corrected chi connectivity index (χ2v) is 3.86. The van der Waals surface area contributed by atoms with Gasteiger partial charge in [0, 0.05) is 6.20 Å². The monoisotopic (exact) mass is 296 g/mol. The fraction of sp³-hybridized carbons (Fsp3) is 0. The maximum absolute atomic E-state index is 8.57. The van der Waals surface area contributed by atoms with Gasteiger partial charge in [0.1, 0.15) is 11.8 Å². The molecule has 0 saturated heterocycles. The molecule has 0 spiro atoms. The van der Waals surface area contributed by atoms with E-state index in [1.807, 2.05) is 18.3 Å². The number of nitriles is 1. The SMILES string of the molecule is N#Cc1ccc(-n2cc(I)cn2)cn1. The topological polar surface area (TPSA) is 54.5 Å². The van der Waals surface area contributed by atoms with Gasteiger partial charge in [0.2, 0.25) is 0 Å². The molecule has 68 valence electrons. The summed E-state index contributed by atoms with van der Waals surface area (Å²) in [6.45, 7) is 0. The van der Waals surface area contributed by atoms with Crippen LogP contribution in [0.2, 0.25) is 0 Å². The molecule has 0 unspecified atom stereocenters. The maximum atomic E-state index is 8.57. The average Bonchev–Trinajstić information content (AvgIpc) is 2.65. The summed E-state index contributed by atoms with van der Waals surface area (Å²) in [7, 11) is 0. The molecule has 0 bridgehead atoms. The Bertz CT molecular complexity index is 480. The van der Waals surface area contributed by atoms with E-state index in [9.17, 15) is 0 Å². The zero-order chi connectivity index (χ0) is 9.97. The lowest BCUT2D eigenvalue weighted by Gasteiger charge is -1.98. The molecule has 0 aliphatic heterocycles. The summed E-state index contributed by atoms with van der Waals surface area (Å²) in [4.78, 5) is 3.96. The van der Waals surface area contributed by atoms with Crippen molar-refractivity contribution in [2.75, 3.05) is 0 Å². The van der Waals surface area contributed by atoms with Crippen molar-refractivity contribution < 1.29 is 0 Å². The zero-order valence-corrected chi connectivity index (χ0v) is 9.21. The summed E-state index contributed by atoms with van der Waals surface area (Å²) in [5.74, 6) is 0. The lowest BCUT2D eigenvalue weighted by Crippen LogP contribution is -1.95. The second-order valence-electron chi connectivity index (χ2n) is 2.62. The first-order valence-corrected chi connectivity index (χ1v) is 4.94. The van der Waals surface area contributed by atoms with E-state index in [4.69, 9.17) is 5.26 Å². The highest BCUT2D eigenvalue weighted by Gasteiger charge is 1.99. The van der Waals surface area contributed by atoms with Crippen molar-refractivity contribution in [3.63, 3.8) is 0 Å². The van der Waals surface area contributed by atoms with Crippen molar-refractivity contribution in [3.05, 3.63) is 40.0 Å². The van der Waals surface area contributed by atoms with Crippen LogP contribution < -0.4 is 0 Å². The molecule has 0 radical (unpaired) electrons. The van der Waals surface area contributed by atoms with Gasteiger partial charge < -0.3 is 0 Å². The molecule has 5 heteroatoms. The molecule has 0 N–H and O–H groups in total. The van der Waals surface area contributed by atoms with E-state index in [0.29, 0.717) is 5.69 Å². The molecule has 0 amide bonds. The van der Waals surface area contributed by atoms with Crippen LogP contribution in [-0.2, 0) is 0 Å². The summed E-state index contributed by atoms with van der Waals surface area (Å²) in [5, 5.41) is 12.7. The Balaban J connectivity index is 2.39. The van der Waals surface area contributed by atoms with Crippen LogP contribution in [-0.4, -0.2) is 14.8 Å². The van der Waals surface area contributed by atoms with Gasteiger partial charge in [0.25, 0.3) is 0 Å². The zero-order valence-electron chi connectivity index (χ0n) is 7.05. The Hall–Kier alpha value is -1.42. The van der Waals surface area contributed by atoms with Gasteiger partial charge in [-0.15, -0.1) is 0 Å². The standard InChI is InChI=1S/C9H5IN4/c10-7-4-13-14(6-7)9-2-1-8(3-11)12-5-9/h1-2,4-6H. The fourth-order valence-corrected chi connectivity index (χ4v) is 1.42. The Morgan fingerprint density at radius 3 is 2.71 bits per heavy atom. The van der Waals surface area contributed by atoms with E-state index in [1.165, 1.54) is 0 Å². The molecule has 0 atom stereocenters. The molecule has 2 rings (SSSR count). The predicted octanol–water partition coefficient (Wildman–Crippen LogP) is 1.74. The minimum absolute atomic E-state index is 0.413. The maximum Gasteiger partial charge on any atom is 0.140 e. The summed E-state index contributed by atoms with van der Waals surface area (Å²) in [5.41, 5.74) is 1.27. The highest BCUT2D eigenvalue weighted by Crippen LogP contribution is 2.08. The van der Waals surface area contributed by atoms with Gasteiger partial charge >= 0.3 is 0 Å². The van der Waals surface area contributed by atoms with Gasteiger partial charge in [-0.25, -0.2) is 9.67 Å². The van der Waals surface area contributed by atoms with Crippen LogP contribution in [0.25, 0.3) is 5.69 Å². The number of rotatable bonds is 1. The Labute approximate surface area is 94.3 Å². The quantitative estimate of drug-likeness (QED) is 0.753. The van der Waals surface area contributed by atoms with Crippen LogP contribution in [0.1, 0.15) is 5.69 Å². The Morgan fingerprint density at radius 2 is 2.21 bits per heavy atom. The van der Waals surface area contributed by atoms with Gasteiger partial charge in [0.15, 0.2) is 0 Å². The highest BCUT2D eigenvalue weighted by atomic mass is 127. The molecule has 14 heavy (non-hydrogen) atoms. The third-order valence-electron chi connectivity index (χ3n) is 1.68. The van der Waals surface area contributed by atoms with Crippen LogP contribution in [0, 0.1) is 14.9 Å². The Morgan fingerprint density at radius 1 is 1.36 bits per heavy atom. The molecule has 0 aliphatic rings. The largest absolute Gasteiger partial charge is 0.243 e. The molecule has 2 aromatic heterocycles. The molecule has 2 aromatic rings. The van der Waals surface area contributed by atoms with Crippen molar-refractivity contribution in [2.24, 2.45) is 0 Å². The molecule has 4 nitrogen and oxygen atoms in total. The molecule has 0 fully saturated rings. The fourth-order valence-electron chi connectivity index (χ4n) is 1.03. The summed E-state index contributed by atoms with van der Waals surface area (Å²) >= 11 is 2.19. The summed E-state index contributed by atoms with van der Waals surface area (Å²) in [6, 6.07) is 5.45. The Kier molecular flexibility index (Phi) is 2.45. The van der Waals surface area contributed by atoms with Crippen molar-refractivity contribution >= 4 is 22.6 Å². The van der Waals surface area contributed by atoms with E-state index in [1.54, 1.807) is 23.1 Å². The lowest BCUT2D eigenvalue weighted by molar-refractivity contribution is 0.873. The first kappa shape index (κ1) is 9.15. The van der Waals surface area contributed by atoms with E-state index in [0.717, 1.165) is 9.26 Å². The van der Waals surface area contributed by atoms with Crippen molar-refractivity contribution in [2.45, 2.75) is 0 Å². The van der Waals surface area contributed by atoms with Crippen LogP contribution in [0.3, 0.4) is 0 Å². The van der Waals surface area contributed by atoms with Gasteiger partial charge in [-0.05, 0) is 34.7 Å². The minimum Gasteiger partial charge on any atom is -0.243 e. The van der Waals surface area contributed by atoms with E-state index in [2.05, 4.69) is 32.7 Å². The third-order valence-corrected chi connectivity index (χ3v) is 2.24. The van der Waals surface area contributed by atoms with Gasteiger partial charge in [0.05, 0.1) is 21.7 Å². The summed E-state index contributed by atoms with van der Waals surface area (Å²) < 4.78 is 2.78. The first-order chi connectivity index (χ1) is 6.79. The predicted molar refractivity (Wildman–Crippen MR) is 58.8 cm³/mol. The first-order valence-electron chi connectivity index (χ1n) is 3.86.